The number of fused-ring (bicyclic) bond motifs is 7. The van der Waals surface area contributed by atoms with Gasteiger partial charge in [0, 0.05) is 38.4 Å². The van der Waals surface area contributed by atoms with E-state index < -0.39 is 0 Å². The molecule has 0 fully saturated rings. The third-order valence-corrected chi connectivity index (χ3v) is 10.1. The second-order valence-corrected chi connectivity index (χ2v) is 12.9. The van der Waals surface area contributed by atoms with Crippen LogP contribution >= 0.6 is 0 Å². The van der Waals surface area contributed by atoms with Gasteiger partial charge in [0.15, 0.2) is 0 Å². The molecule has 0 spiro atoms. The van der Waals surface area contributed by atoms with Crippen LogP contribution in [0.15, 0.2) is 194 Å². The molecule has 0 saturated carbocycles. The SMILES string of the molecule is c1ccc(-c2cccc(-n3c4ccc5c6ccccc6n(-c6ccccc6-c6ccccc6)c5c4c4cccc(-c5ccccc5)c43)c2)cc1. The normalized spacial score (nSPS) is 11.6. The summed E-state index contributed by atoms with van der Waals surface area (Å²) in [6, 6.07) is 70.3. The zero-order valence-corrected chi connectivity index (χ0v) is 27.4. The minimum atomic E-state index is 1.14. The zero-order valence-electron chi connectivity index (χ0n) is 27.4. The van der Waals surface area contributed by atoms with Gasteiger partial charge in [0.05, 0.1) is 27.8 Å². The lowest BCUT2D eigenvalue weighted by Gasteiger charge is -2.15. The Bertz CT molecular complexity index is 2840. The van der Waals surface area contributed by atoms with E-state index >= 15 is 0 Å². The molecule has 2 heterocycles. The summed E-state index contributed by atoms with van der Waals surface area (Å²) in [5.74, 6) is 0. The van der Waals surface area contributed by atoms with Gasteiger partial charge in [-0.3, -0.25) is 0 Å². The molecule has 0 radical (unpaired) electrons. The van der Waals surface area contributed by atoms with Gasteiger partial charge in [0.25, 0.3) is 0 Å². The monoisotopic (exact) mass is 636 g/mol. The highest BCUT2D eigenvalue weighted by Crippen LogP contribution is 2.45. The highest BCUT2D eigenvalue weighted by atomic mass is 15.0. The molecule has 2 heteroatoms. The average Bonchev–Trinajstić information content (AvgIpc) is 3.72. The Morgan fingerprint density at radius 3 is 1.66 bits per heavy atom. The van der Waals surface area contributed by atoms with Crippen molar-refractivity contribution < 1.29 is 0 Å². The van der Waals surface area contributed by atoms with E-state index in [2.05, 4.69) is 203 Å². The second kappa shape index (κ2) is 11.5. The Labute approximate surface area is 290 Å². The maximum absolute atomic E-state index is 2.51. The summed E-state index contributed by atoms with van der Waals surface area (Å²) >= 11 is 0. The number of para-hydroxylation sites is 3. The molecule has 0 aliphatic rings. The van der Waals surface area contributed by atoms with Crippen LogP contribution in [0.4, 0.5) is 0 Å². The summed E-state index contributed by atoms with van der Waals surface area (Å²) in [4.78, 5) is 0. The molecular formula is C48H32N2. The van der Waals surface area contributed by atoms with Crippen LogP contribution < -0.4 is 0 Å². The Morgan fingerprint density at radius 1 is 0.300 bits per heavy atom. The molecule has 50 heavy (non-hydrogen) atoms. The van der Waals surface area contributed by atoms with Gasteiger partial charge in [-0.1, -0.05) is 164 Å². The molecule has 0 saturated heterocycles. The predicted molar refractivity (Wildman–Crippen MR) is 211 cm³/mol. The van der Waals surface area contributed by atoms with Crippen molar-refractivity contribution in [2.24, 2.45) is 0 Å². The standard InChI is InChI=1S/C48H32N2/c1-4-16-33(17-5-1)36-22-14-23-37(32-36)49-45-31-30-41-40-25-11-13-29-44(40)50(43-28-12-10-24-38(43)34-18-6-2-7-19-34)48(41)46(45)42-27-15-26-39(47(42)49)35-20-8-3-9-21-35/h1-32H. The first-order valence-electron chi connectivity index (χ1n) is 17.2. The summed E-state index contributed by atoms with van der Waals surface area (Å²) in [7, 11) is 0. The van der Waals surface area contributed by atoms with Gasteiger partial charge < -0.3 is 9.13 Å². The van der Waals surface area contributed by atoms with Crippen molar-refractivity contribution in [2.75, 3.05) is 0 Å². The van der Waals surface area contributed by atoms with Crippen LogP contribution in [0.2, 0.25) is 0 Å². The van der Waals surface area contributed by atoms with Crippen LogP contribution in [0.25, 0.3) is 88.4 Å². The summed E-state index contributed by atoms with van der Waals surface area (Å²) in [5, 5.41) is 4.98. The fourth-order valence-corrected chi connectivity index (χ4v) is 7.96. The molecule has 2 aromatic heterocycles. The number of hydrogen-bond donors (Lipinski definition) is 0. The molecular weight excluding hydrogens is 605 g/mol. The second-order valence-electron chi connectivity index (χ2n) is 12.9. The van der Waals surface area contributed by atoms with Crippen molar-refractivity contribution in [3.63, 3.8) is 0 Å². The molecule has 2 nitrogen and oxygen atoms in total. The van der Waals surface area contributed by atoms with Crippen LogP contribution in [0.1, 0.15) is 0 Å². The van der Waals surface area contributed by atoms with Gasteiger partial charge in [-0.2, -0.15) is 0 Å². The lowest BCUT2D eigenvalue weighted by atomic mass is 10.0. The molecule has 0 N–H and O–H groups in total. The van der Waals surface area contributed by atoms with E-state index in [4.69, 9.17) is 0 Å². The smallest absolute Gasteiger partial charge is 0.0641 e. The van der Waals surface area contributed by atoms with Crippen LogP contribution in [-0.4, -0.2) is 9.13 Å². The first-order valence-corrected chi connectivity index (χ1v) is 17.2. The number of rotatable bonds is 5. The van der Waals surface area contributed by atoms with Gasteiger partial charge in [0.1, 0.15) is 0 Å². The Hall–Kier alpha value is -6.64. The summed E-state index contributed by atoms with van der Waals surface area (Å²) in [6.07, 6.45) is 0. The van der Waals surface area contributed by atoms with Crippen molar-refractivity contribution in [3.8, 4) is 44.8 Å². The molecule has 0 amide bonds. The Kier molecular flexibility index (Phi) is 6.53. The molecule has 10 aromatic rings. The quantitative estimate of drug-likeness (QED) is 0.178. The number of benzene rings is 8. The van der Waals surface area contributed by atoms with Crippen molar-refractivity contribution in [1.82, 2.24) is 9.13 Å². The predicted octanol–water partition coefficient (Wildman–Crippen LogP) is 12.9. The number of hydrogen-bond acceptors (Lipinski definition) is 0. The van der Waals surface area contributed by atoms with Crippen molar-refractivity contribution in [3.05, 3.63) is 194 Å². The Balaban J connectivity index is 1.39. The van der Waals surface area contributed by atoms with Crippen molar-refractivity contribution in [2.45, 2.75) is 0 Å². The first kappa shape index (κ1) is 28.4. The zero-order chi connectivity index (χ0) is 33.0. The van der Waals surface area contributed by atoms with Crippen LogP contribution in [0, 0.1) is 0 Å². The van der Waals surface area contributed by atoms with E-state index in [1.165, 1.54) is 82.7 Å². The minimum Gasteiger partial charge on any atom is -0.309 e. The summed E-state index contributed by atoms with van der Waals surface area (Å²) < 4.78 is 5.00. The lowest BCUT2D eigenvalue weighted by molar-refractivity contribution is 1.17. The third kappa shape index (κ3) is 4.36. The van der Waals surface area contributed by atoms with Crippen LogP contribution in [0.5, 0.6) is 0 Å². The van der Waals surface area contributed by atoms with E-state index in [0.717, 1.165) is 5.69 Å². The summed E-state index contributed by atoms with van der Waals surface area (Å²) in [5.41, 5.74) is 14.3. The van der Waals surface area contributed by atoms with Gasteiger partial charge in [-0.15, -0.1) is 0 Å². The molecule has 10 rings (SSSR count). The molecule has 8 aromatic carbocycles. The molecule has 0 atom stereocenters. The van der Waals surface area contributed by atoms with Crippen molar-refractivity contribution >= 4 is 43.6 Å². The first-order chi connectivity index (χ1) is 24.8. The average molecular weight is 637 g/mol. The molecule has 0 aliphatic heterocycles. The molecule has 0 aliphatic carbocycles. The third-order valence-electron chi connectivity index (χ3n) is 10.1. The van der Waals surface area contributed by atoms with E-state index in [1.807, 2.05) is 0 Å². The van der Waals surface area contributed by atoms with Crippen molar-refractivity contribution in [1.29, 1.82) is 0 Å². The molecule has 0 unspecified atom stereocenters. The van der Waals surface area contributed by atoms with Crippen LogP contribution in [-0.2, 0) is 0 Å². The number of nitrogens with zero attached hydrogens (tertiary/aromatic N) is 2. The molecule has 234 valence electrons. The van der Waals surface area contributed by atoms with E-state index in [9.17, 15) is 0 Å². The van der Waals surface area contributed by atoms with E-state index in [0.29, 0.717) is 0 Å². The Morgan fingerprint density at radius 2 is 0.880 bits per heavy atom. The maximum atomic E-state index is 2.51. The fourth-order valence-electron chi connectivity index (χ4n) is 7.96. The topological polar surface area (TPSA) is 9.86 Å². The van der Waals surface area contributed by atoms with E-state index in [1.54, 1.807) is 0 Å². The van der Waals surface area contributed by atoms with Gasteiger partial charge >= 0.3 is 0 Å². The highest BCUT2D eigenvalue weighted by Gasteiger charge is 2.23. The largest absolute Gasteiger partial charge is 0.309 e. The van der Waals surface area contributed by atoms with Gasteiger partial charge in [0.2, 0.25) is 0 Å². The summed E-state index contributed by atoms with van der Waals surface area (Å²) in [6.45, 7) is 0. The van der Waals surface area contributed by atoms with E-state index in [-0.39, 0.29) is 0 Å². The van der Waals surface area contributed by atoms with Crippen LogP contribution in [0.3, 0.4) is 0 Å². The fraction of sp³-hybridized carbons (Fsp3) is 0. The highest BCUT2D eigenvalue weighted by molar-refractivity contribution is 6.27. The maximum Gasteiger partial charge on any atom is 0.0641 e. The lowest BCUT2D eigenvalue weighted by Crippen LogP contribution is -1.98. The van der Waals surface area contributed by atoms with Gasteiger partial charge in [-0.05, 0) is 52.6 Å². The molecule has 0 bridgehead atoms. The minimum absolute atomic E-state index is 1.14. The number of aromatic nitrogens is 2. The van der Waals surface area contributed by atoms with Gasteiger partial charge in [-0.25, -0.2) is 0 Å².